The second kappa shape index (κ2) is 5.95. The van der Waals surface area contributed by atoms with Crippen molar-refractivity contribution >= 4 is 6.09 Å². The first-order valence-electron chi connectivity index (χ1n) is 5.76. The third kappa shape index (κ3) is 3.70. The van der Waals surface area contributed by atoms with Crippen LogP contribution in [0.2, 0.25) is 0 Å². The monoisotopic (exact) mass is 215 g/mol. The summed E-state index contributed by atoms with van der Waals surface area (Å²) >= 11 is 0. The number of unbranched alkanes of at least 4 members (excludes halogenated alkanes) is 1. The quantitative estimate of drug-likeness (QED) is 0.730. The van der Waals surface area contributed by atoms with E-state index in [4.69, 9.17) is 4.74 Å². The molecule has 0 spiro atoms. The van der Waals surface area contributed by atoms with Crippen molar-refractivity contribution in [1.29, 1.82) is 0 Å². The first-order chi connectivity index (χ1) is 7.15. The molecule has 1 aliphatic rings. The van der Waals surface area contributed by atoms with Crippen LogP contribution in [0.4, 0.5) is 4.79 Å². The number of hydrogen-bond acceptors (Lipinski definition) is 3. The molecule has 1 saturated heterocycles. The summed E-state index contributed by atoms with van der Waals surface area (Å²) < 4.78 is 5.13. The van der Waals surface area contributed by atoms with Gasteiger partial charge in [0.1, 0.15) is 0 Å². The normalized spacial score (nSPS) is 26.5. The smallest absolute Gasteiger partial charge is 0.409 e. The second-order valence-electron chi connectivity index (χ2n) is 4.19. The second-order valence-corrected chi connectivity index (χ2v) is 4.19. The molecule has 1 N–H and O–H groups in total. The number of ether oxygens (including phenoxy) is 1. The van der Waals surface area contributed by atoms with Gasteiger partial charge < -0.3 is 14.7 Å². The van der Waals surface area contributed by atoms with Gasteiger partial charge in [0.2, 0.25) is 0 Å². The summed E-state index contributed by atoms with van der Waals surface area (Å²) in [7, 11) is 0. The van der Waals surface area contributed by atoms with E-state index >= 15 is 0 Å². The third-order valence-electron chi connectivity index (χ3n) is 2.81. The van der Waals surface area contributed by atoms with Crippen molar-refractivity contribution in [3.63, 3.8) is 0 Å². The molecule has 1 fully saturated rings. The predicted molar refractivity (Wildman–Crippen MR) is 57.7 cm³/mol. The van der Waals surface area contributed by atoms with Crippen molar-refractivity contribution in [3.8, 4) is 0 Å². The van der Waals surface area contributed by atoms with Crippen molar-refractivity contribution in [2.24, 2.45) is 0 Å². The van der Waals surface area contributed by atoms with Gasteiger partial charge in [0.25, 0.3) is 0 Å². The van der Waals surface area contributed by atoms with Crippen LogP contribution in [0.15, 0.2) is 0 Å². The first kappa shape index (κ1) is 12.3. The Labute approximate surface area is 91.2 Å². The van der Waals surface area contributed by atoms with Gasteiger partial charge in [0.05, 0.1) is 12.7 Å². The van der Waals surface area contributed by atoms with Crippen LogP contribution < -0.4 is 0 Å². The van der Waals surface area contributed by atoms with Gasteiger partial charge >= 0.3 is 6.09 Å². The van der Waals surface area contributed by atoms with Crippen molar-refractivity contribution in [3.05, 3.63) is 0 Å². The molecule has 4 heteroatoms. The Morgan fingerprint density at radius 2 is 2.33 bits per heavy atom. The van der Waals surface area contributed by atoms with Crippen LogP contribution in [-0.2, 0) is 4.74 Å². The molecule has 0 aliphatic carbocycles. The zero-order valence-electron chi connectivity index (χ0n) is 9.61. The lowest BCUT2D eigenvalue weighted by molar-refractivity contribution is 0.0340. The van der Waals surface area contributed by atoms with Gasteiger partial charge in [-0.25, -0.2) is 4.79 Å². The Balaban J connectivity index is 2.32. The summed E-state index contributed by atoms with van der Waals surface area (Å²) in [6.45, 7) is 5.12. The fraction of sp³-hybridized carbons (Fsp3) is 0.909. The Morgan fingerprint density at radius 1 is 1.60 bits per heavy atom. The number of carbonyl (C=O) groups is 1. The van der Waals surface area contributed by atoms with E-state index in [0.717, 1.165) is 12.8 Å². The lowest BCUT2D eigenvalue weighted by atomic mass is 10.0. The number of rotatable bonds is 3. The molecule has 88 valence electrons. The molecular formula is C11H21NO3. The summed E-state index contributed by atoms with van der Waals surface area (Å²) in [4.78, 5) is 13.3. The zero-order chi connectivity index (χ0) is 11.3. The fourth-order valence-corrected chi connectivity index (χ4v) is 1.81. The third-order valence-corrected chi connectivity index (χ3v) is 2.81. The lowest BCUT2D eigenvalue weighted by Crippen LogP contribution is -2.46. The summed E-state index contributed by atoms with van der Waals surface area (Å²) in [6, 6.07) is 0.0860. The maximum Gasteiger partial charge on any atom is 0.409 e. The Bertz CT molecular complexity index is 208. The molecule has 0 aromatic rings. The van der Waals surface area contributed by atoms with Gasteiger partial charge in [-0.1, -0.05) is 13.3 Å². The molecule has 1 aliphatic heterocycles. The van der Waals surface area contributed by atoms with Crippen LogP contribution in [0.1, 0.15) is 39.5 Å². The molecular weight excluding hydrogens is 194 g/mol. The highest BCUT2D eigenvalue weighted by Gasteiger charge is 2.28. The van der Waals surface area contributed by atoms with Crippen molar-refractivity contribution in [2.45, 2.75) is 51.7 Å². The van der Waals surface area contributed by atoms with Gasteiger partial charge in [-0.05, 0) is 26.2 Å². The molecule has 2 atom stereocenters. The number of aliphatic hydroxyl groups excluding tert-OH is 1. The molecule has 0 bridgehead atoms. The van der Waals surface area contributed by atoms with Crippen LogP contribution in [-0.4, -0.2) is 41.4 Å². The first-order valence-corrected chi connectivity index (χ1v) is 5.76. The van der Waals surface area contributed by atoms with Crippen LogP contribution in [0.5, 0.6) is 0 Å². The SMILES string of the molecule is CCCCOC(=O)N1CC[C@H](O)C[C@H]1C. The van der Waals surface area contributed by atoms with Gasteiger partial charge in [-0.15, -0.1) is 0 Å². The van der Waals surface area contributed by atoms with Gasteiger partial charge in [-0.3, -0.25) is 0 Å². The topological polar surface area (TPSA) is 49.8 Å². The minimum absolute atomic E-state index is 0.0860. The maximum atomic E-state index is 11.6. The van der Waals surface area contributed by atoms with E-state index in [0.29, 0.717) is 26.0 Å². The zero-order valence-corrected chi connectivity index (χ0v) is 9.61. The molecule has 0 aromatic heterocycles. The van der Waals surface area contributed by atoms with E-state index in [9.17, 15) is 9.90 Å². The maximum absolute atomic E-state index is 11.6. The van der Waals surface area contributed by atoms with Crippen LogP contribution in [0, 0.1) is 0 Å². The minimum Gasteiger partial charge on any atom is -0.449 e. The van der Waals surface area contributed by atoms with E-state index in [1.54, 1.807) is 4.90 Å². The van der Waals surface area contributed by atoms with Crippen LogP contribution in [0.25, 0.3) is 0 Å². The number of piperidine rings is 1. The molecule has 0 aromatic carbocycles. The van der Waals surface area contributed by atoms with Crippen LogP contribution >= 0.6 is 0 Å². The van der Waals surface area contributed by atoms with E-state index < -0.39 is 0 Å². The Morgan fingerprint density at radius 3 is 2.93 bits per heavy atom. The average molecular weight is 215 g/mol. The molecule has 1 amide bonds. The molecule has 0 saturated carbocycles. The lowest BCUT2D eigenvalue weighted by Gasteiger charge is -2.34. The molecule has 1 heterocycles. The van der Waals surface area contributed by atoms with E-state index in [1.165, 1.54) is 0 Å². The average Bonchev–Trinajstić information content (AvgIpc) is 2.17. The number of hydrogen-bond donors (Lipinski definition) is 1. The van der Waals surface area contributed by atoms with Crippen molar-refractivity contribution < 1.29 is 14.6 Å². The standard InChI is InChI=1S/C11H21NO3/c1-3-4-7-15-11(14)12-6-5-10(13)8-9(12)2/h9-10,13H,3-8H2,1-2H3/t9-,10+/m1/s1. The number of aliphatic hydroxyl groups is 1. The summed E-state index contributed by atoms with van der Waals surface area (Å²) in [5.74, 6) is 0. The number of likely N-dealkylation sites (tertiary alicyclic amines) is 1. The number of nitrogens with zero attached hydrogens (tertiary/aromatic N) is 1. The van der Waals surface area contributed by atoms with E-state index in [1.807, 2.05) is 6.92 Å². The number of carbonyl (C=O) groups excluding carboxylic acids is 1. The molecule has 15 heavy (non-hydrogen) atoms. The van der Waals surface area contributed by atoms with Gasteiger partial charge in [0.15, 0.2) is 0 Å². The summed E-state index contributed by atoms with van der Waals surface area (Å²) in [5.41, 5.74) is 0. The Hall–Kier alpha value is -0.770. The predicted octanol–water partition coefficient (Wildman–Crippen LogP) is 1.77. The fourth-order valence-electron chi connectivity index (χ4n) is 1.81. The Kier molecular flexibility index (Phi) is 4.88. The minimum atomic E-state index is -0.264. The van der Waals surface area contributed by atoms with Gasteiger partial charge in [-0.2, -0.15) is 0 Å². The highest BCUT2D eigenvalue weighted by Crippen LogP contribution is 2.17. The number of amides is 1. The summed E-state index contributed by atoms with van der Waals surface area (Å²) in [5, 5.41) is 9.41. The highest BCUT2D eigenvalue weighted by atomic mass is 16.6. The molecule has 0 radical (unpaired) electrons. The van der Waals surface area contributed by atoms with Crippen LogP contribution in [0.3, 0.4) is 0 Å². The van der Waals surface area contributed by atoms with Gasteiger partial charge in [0, 0.05) is 12.6 Å². The van der Waals surface area contributed by atoms with Crippen molar-refractivity contribution in [1.82, 2.24) is 4.90 Å². The largest absolute Gasteiger partial charge is 0.449 e. The molecule has 0 unspecified atom stereocenters. The highest BCUT2D eigenvalue weighted by molar-refractivity contribution is 5.68. The molecule has 1 rings (SSSR count). The van der Waals surface area contributed by atoms with E-state index in [-0.39, 0.29) is 18.2 Å². The van der Waals surface area contributed by atoms with E-state index in [2.05, 4.69) is 6.92 Å². The molecule has 4 nitrogen and oxygen atoms in total. The summed E-state index contributed by atoms with van der Waals surface area (Å²) in [6.07, 6.45) is 2.76. The van der Waals surface area contributed by atoms with Crippen molar-refractivity contribution in [2.75, 3.05) is 13.2 Å².